The van der Waals surface area contributed by atoms with Crippen LogP contribution in [0.3, 0.4) is 0 Å². The third-order valence-electron chi connectivity index (χ3n) is 4.55. The molecular weight excluding hydrogens is 352 g/mol. The molecule has 144 valence electrons. The van der Waals surface area contributed by atoms with Gasteiger partial charge in [-0.3, -0.25) is 0 Å². The van der Waals surface area contributed by atoms with E-state index < -0.39 is 18.3 Å². The molecule has 1 aliphatic carbocycles. The summed E-state index contributed by atoms with van der Waals surface area (Å²) in [6, 6.07) is 2.53. The predicted molar refractivity (Wildman–Crippen MR) is 97.8 cm³/mol. The molecule has 0 saturated carbocycles. The fraction of sp³-hybridized carbons (Fsp3) is 0.300. The van der Waals surface area contributed by atoms with E-state index in [1.807, 2.05) is 0 Å². The fourth-order valence-corrected chi connectivity index (χ4v) is 3.15. The van der Waals surface area contributed by atoms with Gasteiger partial charge in [-0.25, -0.2) is 0 Å². The molecule has 3 rings (SSSR count). The first kappa shape index (κ1) is 18.9. The van der Waals surface area contributed by atoms with E-state index in [1.54, 1.807) is 18.2 Å². The quantitative estimate of drug-likeness (QED) is 0.438. The first-order valence-electron chi connectivity index (χ1n) is 8.54. The first-order valence-corrected chi connectivity index (χ1v) is 8.54. The third kappa shape index (κ3) is 3.94. The smallest absolute Gasteiger partial charge is 0.144 e. The molecule has 1 aliphatic heterocycles. The van der Waals surface area contributed by atoms with Gasteiger partial charge in [0.1, 0.15) is 35.2 Å². The summed E-state index contributed by atoms with van der Waals surface area (Å²) < 4.78 is 5.74. The van der Waals surface area contributed by atoms with E-state index in [2.05, 4.69) is 0 Å². The summed E-state index contributed by atoms with van der Waals surface area (Å²) in [5, 5.41) is 59.9. The molecule has 7 nitrogen and oxygen atoms in total. The number of rotatable bonds is 2. The topological polar surface area (TPSA) is 131 Å². The van der Waals surface area contributed by atoms with Gasteiger partial charge in [0.05, 0.1) is 11.9 Å². The number of aliphatic hydroxyl groups excluding tert-OH is 4. The highest BCUT2D eigenvalue weighted by Gasteiger charge is 2.30. The van der Waals surface area contributed by atoms with Gasteiger partial charge in [-0.1, -0.05) is 12.2 Å². The maximum Gasteiger partial charge on any atom is 0.144 e. The van der Waals surface area contributed by atoms with E-state index in [-0.39, 0.29) is 41.6 Å². The first-order chi connectivity index (χ1) is 12.8. The maximum absolute atomic E-state index is 10.4. The lowest BCUT2D eigenvalue weighted by atomic mass is 9.93. The monoisotopic (exact) mass is 374 g/mol. The molecule has 6 N–H and O–H groups in total. The van der Waals surface area contributed by atoms with E-state index in [0.29, 0.717) is 16.7 Å². The molecule has 3 unspecified atom stereocenters. The van der Waals surface area contributed by atoms with Gasteiger partial charge < -0.3 is 35.4 Å². The van der Waals surface area contributed by atoms with Crippen LogP contribution in [0.25, 0.3) is 0 Å². The third-order valence-corrected chi connectivity index (χ3v) is 4.55. The van der Waals surface area contributed by atoms with Crippen molar-refractivity contribution in [1.82, 2.24) is 0 Å². The fourth-order valence-electron chi connectivity index (χ4n) is 3.15. The summed E-state index contributed by atoms with van der Waals surface area (Å²) >= 11 is 0. The Morgan fingerprint density at radius 1 is 1.26 bits per heavy atom. The molecule has 1 aromatic carbocycles. The average Bonchev–Trinajstić information content (AvgIpc) is 2.77. The highest BCUT2D eigenvalue weighted by atomic mass is 16.5. The highest BCUT2D eigenvalue weighted by molar-refractivity contribution is 5.52. The summed E-state index contributed by atoms with van der Waals surface area (Å²) in [4.78, 5) is 0. The number of aromatic hydroxyl groups is 2. The zero-order chi connectivity index (χ0) is 19.7. The van der Waals surface area contributed by atoms with Crippen LogP contribution in [0.5, 0.6) is 17.2 Å². The van der Waals surface area contributed by atoms with Gasteiger partial charge in [-0.15, -0.1) is 0 Å². The zero-order valence-corrected chi connectivity index (χ0v) is 14.7. The van der Waals surface area contributed by atoms with Crippen molar-refractivity contribution in [2.75, 3.05) is 0 Å². The van der Waals surface area contributed by atoms with E-state index in [9.17, 15) is 30.6 Å². The van der Waals surface area contributed by atoms with Crippen LogP contribution in [0, 0.1) is 0 Å². The SMILES string of the molecule is CC(O)/C(O)=C1/CC(O)=CC=C/C1=C\C1Oc2cc(O)cc(O)c2CC1O. The van der Waals surface area contributed by atoms with Gasteiger partial charge in [0.25, 0.3) is 0 Å². The molecule has 0 amide bonds. The molecule has 0 bridgehead atoms. The number of benzene rings is 1. The van der Waals surface area contributed by atoms with Crippen LogP contribution < -0.4 is 4.74 Å². The van der Waals surface area contributed by atoms with Gasteiger partial charge in [0, 0.05) is 36.1 Å². The summed E-state index contributed by atoms with van der Waals surface area (Å²) in [6.45, 7) is 1.41. The molecule has 7 heteroatoms. The van der Waals surface area contributed by atoms with Gasteiger partial charge in [-0.2, -0.15) is 0 Å². The van der Waals surface area contributed by atoms with Crippen LogP contribution in [0.15, 0.2) is 59.1 Å². The van der Waals surface area contributed by atoms with Crippen molar-refractivity contribution in [2.24, 2.45) is 0 Å². The van der Waals surface area contributed by atoms with E-state index in [1.165, 1.54) is 25.1 Å². The minimum absolute atomic E-state index is 0.0105. The second kappa shape index (κ2) is 7.38. The van der Waals surface area contributed by atoms with Crippen molar-refractivity contribution in [2.45, 2.75) is 38.1 Å². The Kier molecular flexibility index (Phi) is 5.16. The minimum atomic E-state index is -1.13. The van der Waals surface area contributed by atoms with Crippen molar-refractivity contribution in [3.05, 3.63) is 64.7 Å². The molecule has 1 aromatic rings. The van der Waals surface area contributed by atoms with Crippen LogP contribution in [-0.4, -0.2) is 49.0 Å². The van der Waals surface area contributed by atoms with Crippen molar-refractivity contribution < 1.29 is 35.4 Å². The lowest BCUT2D eigenvalue weighted by molar-refractivity contribution is 0.0476. The highest BCUT2D eigenvalue weighted by Crippen LogP contribution is 2.39. The largest absolute Gasteiger partial charge is 0.512 e. The number of aliphatic hydroxyl groups is 4. The van der Waals surface area contributed by atoms with Crippen molar-refractivity contribution in [3.8, 4) is 17.2 Å². The lowest BCUT2D eigenvalue weighted by Crippen LogP contribution is -2.36. The minimum Gasteiger partial charge on any atom is -0.512 e. The average molecular weight is 374 g/mol. The maximum atomic E-state index is 10.4. The number of allylic oxidation sites excluding steroid dienone is 5. The van der Waals surface area contributed by atoms with Crippen molar-refractivity contribution in [1.29, 1.82) is 0 Å². The number of phenols is 2. The van der Waals surface area contributed by atoms with Crippen molar-refractivity contribution >= 4 is 0 Å². The standard InChI is InChI=1S/C20H22O7/c1-10(21)20(26)14-6-12(22)4-2-3-11(14)5-19-17(25)9-15-16(24)7-13(23)8-18(15)27-19/h2-5,7-8,10,17,19,21-26H,6,9H2,1H3/b11-5+,20-14+. The number of phenolic OH excluding ortho intramolecular Hbond substituents is 2. The second-order valence-corrected chi connectivity index (χ2v) is 6.65. The van der Waals surface area contributed by atoms with Gasteiger partial charge >= 0.3 is 0 Å². The predicted octanol–water partition coefficient (Wildman–Crippen LogP) is 2.28. The van der Waals surface area contributed by atoms with Crippen molar-refractivity contribution in [3.63, 3.8) is 0 Å². The molecule has 3 atom stereocenters. The lowest BCUT2D eigenvalue weighted by Gasteiger charge is -2.30. The van der Waals surface area contributed by atoms with Gasteiger partial charge in [0.2, 0.25) is 0 Å². The molecule has 0 aromatic heterocycles. The Morgan fingerprint density at radius 3 is 2.70 bits per heavy atom. The van der Waals surface area contributed by atoms with Crippen LogP contribution in [-0.2, 0) is 6.42 Å². The molecule has 0 spiro atoms. The summed E-state index contributed by atoms with van der Waals surface area (Å²) in [5.41, 5.74) is 1.19. The molecule has 0 fully saturated rings. The molecular formula is C20H22O7. The van der Waals surface area contributed by atoms with Crippen LogP contribution in [0.4, 0.5) is 0 Å². The summed E-state index contributed by atoms with van der Waals surface area (Å²) in [6.07, 6.45) is 3.46. The molecule has 0 radical (unpaired) electrons. The summed E-state index contributed by atoms with van der Waals surface area (Å²) in [7, 11) is 0. The Bertz CT molecular complexity index is 861. The van der Waals surface area contributed by atoms with Gasteiger partial charge in [-0.05, 0) is 24.6 Å². The molecule has 2 aliphatic rings. The van der Waals surface area contributed by atoms with Crippen LogP contribution in [0.1, 0.15) is 18.9 Å². The number of hydrogen-bond donors (Lipinski definition) is 6. The van der Waals surface area contributed by atoms with Gasteiger partial charge in [0.15, 0.2) is 0 Å². The Balaban J connectivity index is 2.00. The second-order valence-electron chi connectivity index (χ2n) is 6.65. The van der Waals surface area contributed by atoms with E-state index in [0.717, 1.165) is 0 Å². The molecule has 1 heterocycles. The van der Waals surface area contributed by atoms with Crippen LogP contribution >= 0.6 is 0 Å². The van der Waals surface area contributed by atoms with E-state index >= 15 is 0 Å². The molecule has 0 saturated heterocycles. The number of ether oxygens (including phenoxy) is 1. The zero-order valence-electron chi connectivity index (χ0n) is 14.7. The normalized spacial score (nSPS) is 26.6. The van der Waals surface area contributed by atoms with Crippen LogP contribution in [0.2, 0.25) is 0 Å². The number of hydrogen-bond acceptors (Lipinski definition) is 7. The summed E-state index contributed by atoms with van der Waals surface area (Å²) in [5.74, 6) is -0.338. The Morgan fingerprint density at radius 2 is 2.00 bits per heavy atom. The molecule has 27 heavy (non-hydrogen) atoms. The Hall–Kier alpha value is -2.90. The Labute approximate surface area is 156 Å². The van der Waals surface area contributed by atoms with E-state index in [4.69, 9.17) is 4.74 Å². The number of fused-ring (bicyclic) bond motifs is 1.